The molecule has 5 nitrogen and oxygen atoms in total. The Morgan fingerprint density at radius 1 is 0.923 bits per heavy atom. The van der Waals surface area contributed by atoms with Gasteiger partial charge in [-0.05, 0) is 12.0 Å². The molecule has 0 aliphatic carbocycles. The van der Waals surface area contributed by atoms with Crippen LogP contribution in [0.2, 0.25) is 0 Å². The van der Waals surface area contributed by atoms with Crippen LogP contribution in [0.15, 0.2) is 60.7 Å². The third kappa shape index (κ3) is 4.55. The van der Waals surface area contributed by atoms with Gasteiger partial charge in [0.1, 0.15) is 0 Å². The second-order valence-electron chi connectivity index (χ2n) is 5.72. The SMILES string of the molecule is O=C(O)CCCC(=O)Nc1nc(-c2ccccc2)c(-c2ccccc2)s1. The zero-order valence-electron chi connectivity index (χ0n) is 14.0. The Hall–Kier alpha value is -2.99. The summed E-state index contributed by atoms with van der Waals surface area (Å²) in [7, 11) is 0. The maximum atomic E-state index is 12.1. The topological polar surface area (TPSA) is 79.3 Å². The Bertz CT molecular complexity index is 835. The number of amides is 1. The van der Waals surface area contributed by atoms with Gasteiger partial charge in [0.15, 0.2) is 5.13 Å². The number of carboxylic acid groups (broad SMARTS) is 1. The largest absolute Gasteiger partial charge is 0.481 e. The van der Waals surface area contributed by atoms with Crippen LogP contribution in [-0.4, -0.2) is 22.0 Å². The highest BCUT2D eigenvalue weighted by Crippen LogP contribution is 2.38. The molecule has 0 aliphatic heterocycles. The standard InChI is InChI=1S/C20H18N2O3S/c23-16(12-7-13-17(24)25)21-20-22-18(14-8-3-1-4-9-14)19(26-20)15-10-5-2-6-11-15/h1-6,8-11H,7,12-13H2,(H,24,25)(H,21,22,23). The minimum atomic E-state index is -0.898. The van der Waals surface area contributed by atoms with Crippen molar-refractivity contribution in [1.29, 1.82) is 0 Å². The molecular formula is C20H18N2O3S. The van der Waals surface area contributed by atoms with Crippen molar-refractivity contribution in [3.05, 3.63) is 60.7 Å². The first-order valence-corrected chi connectivity index (χ1v) is 9.08. The highest BCUT2D eigenvalue weighted by atomic mass is 32.1. The summed E-state index contributed by atoms with van der Waals surface area (Å²) in [6, 6.07) is 19.7. The van der Waals surface area contributed by atoms with E-state index in [1.165, 1.54) is 11.3 Å². The average Bonchev–Trinajstić information content (AvgIpc) is 3.06. The third-order valence-corrected chi connectivity index (χ3v) is 4.77. The lowest BCUT2D eigenvalue weighted by Gasteiger charge is -2.02. The smallest absolute Gasteiger partial charge is 0.303 e. The van der Waals surface area contributed by atoms with E-state index in [-0.39, 0.29) is 18.7 Å². The Kier molecular flexibility index (Phi) is 5.76. The molecule has 0 fully saturated rings. The molecule has 1 heterocycles. The molecule has 3 rings (SSSR count). The number of rotatable bonds is 7. The number of hydrogen-bond acceptors (Lipinski definition) is 4. The number of aliphatic carboxylic acids is 1. The number of anilines is 1. The molecule has 6 heteroatoms. The number of thiazole rings is 1. The molecule has 0 aliphatic rings. The minimum absolute atomic E-state index is 0.0180. The van der Waals surface area contributed by atoms with Gasteiger partial charge < -0.3 is 10.4 Å². The molecule has 0 bridgehead atoms. The summed E-state index contributed by atoms with van der Waals surface area (Å²) in [6.07, 6.45) is 0.451. The van der Waals surface area contributed by atoms with Crippen molar-refractivity contribution in [2.45, 2.75) is 19.3 Å². The van der Waals surface area contributed by atoms with Gasteiger partial charge in [0.25, 0.3) is 0 Å². The molecule has 2 aromatic carbocycles. The lowest BCUT2D eigenvalue weighted by molar-refractivity contribution is -0.137. The van der Waals surface area contributed by atoms with E-state index in [0.29, 0.717) is 11.6 Å². The molecule has 1 amide bonds. The Morgan fingerprint density at radius 2 is 1.54 bits per heavy atom. The molecule has 132 valence electrons. The van der Waals surface area contributed by atoms with E-state index in [1.54, 1.807) is 0 Å². The summed E-state index contributed by atoms with van der Waals surface area (Å²) in [6.45, 7) is 0. The van der Waals surface area contributed by atoms with Gasteiger partial charge in [0.2, 0.25) is 5.91 Å². The van der Waals surface area contributed by atoms with Gasteiger partial charge >= 0.3 is 5.97 Å². The van der Waals surface area contributed by atoms with E-state index in [1.807, 2.05) is 60.7 Å². The van der Waals surface area contributed by atoms with Gasteiger partial charge in [0.05, 0.1) is 10.6 Å². The molecule has 0 radical (unpaired) electrons. The highest BCUT2D eigenvalue weighted by molar-refractivity contribution is 7.19. The second-order valence-corrected chi connectivity index (χ2v) is 6.72. The number of carbonyl (C=O) groups excluding carboxylic acids is 1. The predicted octanol–water partition coefficient (Wildman–Crippen LogP) is 4.67. The van der Waals surface area contributed by atoms with Crippen LogP contribution in [0.1, 0.15) is 19.3 Å². The van der Waals surface area contributed by atoms with Gasteiger partial charge in [-0.2, -0.15) is 0 Å². The average molecular weight is 366 g/mol. The fourth-order valence-electron chi connectivity index (χ4n) is 2.53. The van der Waals surface area contributed by atoms with Gasteiger partial charge in [-0.1, -0.05) is 72.0 Å². The Morgan fingerprint density at radius 3 is 2.15 bits per heavy atom. The number of benzene rings is 2. The highest BCUT2D eigenvalue weighted by Gasteiger charge is 2.16. The van der Waals surface area contributed by atoms with E-state index in [9.17, 15) is 9.59 Å². The first-order chi connectivity index (χ1) is 12.6. The molecular weight excluding hydrogens is 348 g/mol. The van der Waals surface area contributed by atoms with Crippen molar-refractivity contribution in [2.24, 2.45) is 0 Å². The number of aromatic nitrogens is 1. The van der Waals surface area contributed by atoms with Crippen molar-refractivity contribution in [1.82, 2.24) is 4.98 Å². The summed E-state index contributed by atoms with van der Waals surface area (Å²) in [5, 5.41) is 12.0. The van der Waals surface area contributed by atoms with Crippen molar-refractivity contribution < 1.29 is 14.7 Å². The molecule has 0 spiro atoms. The van der Waals surface area contributed by atoms with Gasteiger partial charge in [-0.3, -0.25) is 9.59 Å². The third-order valence-electron chi connectivity index (χ3n) is 3.75. The summed E-state index contributed by atoms with van der Waals surface area (Å²) in [5.41, 5.74) is 2.84. The number of carboxylic acids is 1. The lowest BCUT2D eigenvalue weighted by Crippen LogP contribution is -2.11. The van der Waals surface area contributed by atoms with Gasteiger partial charge in [0, 0.05) is 18.4 Å². The fraction of sp³-hybridized carbons (Fsp3) is 0.150. The maximum absolute atomic E-state index is 12.1. The normalized spacial score (nSPS) is 10.5. The zero-order valence-corrected chi connectivity index (χ0v) is 14.8. The summed E-state index contributed by atoms with van der Waals surface area (Å²) in [4.78, 5) is 28.2. The van der Waals surface area contributed by atoms with Crippen molar-refractivity contribution in [3.8, 4) is 21.7 Å². The first kappa shape index (κ1) is 17.8. The molecule has 26 heavy (non-hydrogen) atoms. The minimum Gasteiger partial charge on any atom is -0.481 e. The second kappa shape index (κ2) is 8.40. The van der Waals surface area contributed by atoms with E-state index >= 15 is 0 Å². The molecule has 0 saturated carbocycles. The van der Waals surface area contributed by atoms with Crippen LogP contribution in [0.3, 0.4) is 0 Å². The number of hydrogen-bond donors (Lipinski definition) is 2. The van der Waals surface area contributed by atoms with Gasteiger partial charge in [-0.15, -0.1) is 0 Å². The molecule has 0 saturated heterocycles. The van der Waals surface area contributed by atoms with Crippen LogP contribution < -0.4 is 5.32 Å². The van der Waals surface area contributed by atoms with Crippen LogP contribution in [0.25, 0.3) is 21.7 Å². The van der Waals surface area contributed by atoms with Crippen LogP contribution in [0.4, 0.5) is 5.13 Å². The molecule has 3 aromatic rings. The van der Waals surface area contributed by atoms with Crippen molar-refractivity contribution >= 4 is 28.3 Å². The summed E-state index contributed by atoms with van der Waals surface area (Å²) < 4.78 is 0. The Labute approximate surface area is 155 Å². The summed E-state index contributed by atoms with van der Waals surface area (Å²) in [5.74, 6) is -1.12. The predicted molar refractivity (Wildman–Crippen MR) is 103 cm³/mol. The van der Waals surface area contributed by atoms with Crippen LogP contribution in [0, 0.1) is 0 Å². The van der Waals surface area contributed by atoms with E-state index in [0.717, 1.165) is 21.7 Å². The molecule has 0 atom stereocenters. The molecule has 1 aromatic heterocycles. The van der Waals surface area contributed by atoms with Gasteiger partial charge in [-0.25, -0.2) is 4.98 Å². The monoisotopic (exact) mass is 366 g/mol. The zero-order chi connectivity index (χ0) is 18.4. The van der Waals surface area contributed by atoms with Crippen molar-refractivity contribution in [2.75, 3.05) is 5.32 Å². The quantitative estimate of drug-likeness (QED) is 0.637. The maximum Gasteiger partial charge on any atom is 0.303 e. The Balaban J connectivity index is 1.85. The molecule has 2 N–H and O–H groups in total. The first-order valence-electron chi connectivity index (χ1n) is 8.27. The number of nitrogens with one attached hydrogen (secondary N) is 1. The van der Waals surface area contributed by atoms with E-state index in [4.69, 9.17) is 5.11 Å². The number of carbonyl (C=O) groups is 2. The molecule has 0 unspecified atom stereocenters. The van der Waals surface area contributed by atoms with E-state index < -0.39 is 5.97 Å². The lowest BCUT2D eigenvalue weighted by atomic mass is 10.1. The van der Waals surface area contributed by atoms with Crippen LogP contribution >= 0.6 is 11.3 Å². The van der Waals surface area contributed by atoms with Crippen molar-refractivity contribution in [3.63, 3.8) is 0 Å². The number of nitrogens with zero attached hydrogens (tertiary/aromatic N) is 1. The van der Waals surface area contributed by atoms with Crippen LogP contribution in [-0.2, 0) is 9.59 Å². The summed E-state index contributed by atoms with van der Waals surface area (Å²) >= 11 is 1.42. The van der Waals surface area contributed by atoms with Crippen LogP contribution in [0.5, 0.6) is 0 Å². The van der Waals surface area contributed by atoms with E-state index in [2.05, 4.69) is 10.3 Å². The fourth-order valence-corrected chi connectivity index (χ4v) is 3.54.